The molecule has 0 aliphatic heterocycles. The van der Waals surface area contributed by atoms with Gasteiger partial charge in [0.05, 0.1) is 6.61 Å². The van der Waals surface area contributed by atoms with Gasteiger partial charge in [-0.05, 0) is 35.7 Å². The van der Waals surface area contributed by atoms with Crippen molar-refractivity contribution in [3.63, 3.8) is 0 Å². The van der Waals surface area contributed by atoms with E-state index in [1.807, 2.05) is 49.4 Å². The molecule has 22 heavy (non-hydrogen) atoms. The molecule has 3 aromatic rings. The van der Waals surface area contributed by atoms with Crippen LogP contribution in [0.5, 0.6) is 0 Å². The molecule has 1 heterocycles. The van der Waals surface area contributed by atoms with Crippen LogP contribution in [-0.4, -0.2) is 19.8 Å². The van der Waals surface area contributed by atoms with Crippen molar-refractivity contribution < 1.29 is 13.5 Å². The van der Waals surface area contributed by atoms with Crippen LogP contribution in [0.3, 0.4) is 0 Å². The Morgan fingerprint density at radius 3 is 2.50 bits per heavy atom. The molecular weight excluding hydrogens is 316 g/mol. The van der Waals surface area contributed by atoms with Crippen molar-refractivity contribution in [1.29, 1.82) is 0 Å². The molecule has 1 aromatic heterocycles. The van der Waals surface area contributed by atoms with Crippen molar-refractivity contribution in [3.8, 4) is 11.1 Å². The van der Waals surface area contributed by atoms with Gasteiger partial charge in [0.2, 0.25) is 0 Å². The van der Waals surface area contributed by atoms with Crippen molar-refractivity contribution in [2.75, 3.05) is 6.26 Å². The average Bonchev–Trinajstić information content (AvgIpc) is 2.86. The van der Waals surface area contributed by atoms with Crippen LogP contribution in [0.4, 0.5) is 0 Å². The molecule has 0 atom stereocenters. The number of aliphatic hydroxyl groups is 1. The molecule has 114 valence electrons. The molecule has 3 rings (SSSR count). The van der Waals surface area contributed by atoms with Crippen LogP contribution in [0.15, 0.2) is 46.7 Å². The van der Waals surface area contributed by atoms with Crippen LogP contribution < -0.4 is 0 Å². The molecule has 0 aliphatic carbocycles. The van der Waals surface area contributed by atoms with E-state index in [0.29, 0.717) is 4.21 Å². The zero-order valence-corrected chi connectivity index (χ0v) is 14.0. The second kappa shape index (κ2) is 5.50. The van der Waals surface area contributed by atoms with Crippen LogP contribution in [0.2, 0.25) is 0 Å². The number of benzene rings is 2. The number of aliphatic hydroxyl groups excluding tert-OH is 1. The van der Waals surface area contributed by atoms with E-state index in [2.05, 4.69) is 0 Å². The first kappa shape index (κ1) is 15.2. The molecule has 0 unspecified atom stereocenters. The minimum Gasteiger partial charge on any atom is -0.392 e. The molecular formula is C17H16O3S2. The van der Waals surface area contributed by atoms with Crippen molar-refractivity contribution >= 4 is 31.3 Å². The number of rotatable bonds is 3. The number of thiophene rings is 1. The van der Waals surface area contributed by atoms with Gasteiger partial charge >= 0.3 is 0 Å². The fraction of sp³-hybridized carbons (Fsp3) is 0.176. The van der Waals surface area contributed by atoms with E-state index in [4.69, 9.17) is 0 Å². The Kier molecular flexibility index (Phi) is 3.80. The maximum absolute atomic E-state index is 12.2. The quantitative estimate of drug-likeness (QED) is 0.794. The highest BCUT2D eigenvalue weighted by Crippen LogP contribution is 2.42. The molecule has 5 heteroatoms. The molecule has 0 saturated carbocycles. The zero-order valence-electron chi connectivity index (χ0n) is 12.3. The third-order valence-corrected chi connectivity index (χ3v) is 6.66. The fourth-order valence-corrected chi connectivity index (χ4v) is 4.98. The molecule has 1 N–H and O–H groups in total. The van der Waals surface area contributed by atoms with Crippen molar-refractivity contribution in [1.82, 2.24) is 0 Å². The maximum atomic E-state index is 12.2. The van der Waals surface area contributed by atoms with Gasteiger partial charge in [-0.2, -0.15) is 0 Å². The van der Waals surface area contributed by atoms with E-state index < -0.39 is 9.84 Å². The third kappa shape index (κ3) is 2.56. The second-order valence-corrected chi connectivity index (χ2v) is 8.60. The number of hydrogen-bond donors (Lipinski definition) is 1. The summed E-state index contributed by atoms with van der Waals surface area (Å²) in [5.74, 6) is 0. The summed E-state index contributed by atoms with van der Waals surface area (Å²) in [6.45, 7) is 1.91. The summed E-state index contributed by atoms with van der Waals surface area (Å²) < 4.78 is 25.7. The lowest BCUT2D eigenvalue weighted by Crippen LogP contribution is -1.96. The van der Waals surface area contributed by atoms with Crippen LogP contribution in [-0.2, 0) is 16.4 Å². The minimum atomic E-state index is -3.32. The average molecular weight is 332 g/mol. The van der Waals surface area contributed by atoms with E-state index in [1.54, 1.807) is 0 Å². The van der Waals surface area contributed by atoms with Crippen molar-refractivity contribution in [2.24, 2.45) is 0 Å². The van der Waals surface area contributed by atoms with Gasteiger partial charge in [0.1, 0.15) is 4.21 Å². The second-order valence-electron chi connectivity index (χ2n) is 5.34. The number of hydrogen-bond acceptors (Lipinski definition) is 4. The van der Waals surface area contributed by atoms with Gasteiger partial charge < -0.3 is 5.11 Å². The van der Waals surface area contributed by atoms with E-state index >= 15 is 0 Å². The van der Waals surface area contributed by atoms with Gasteiger partial charge in [-0.25, -0.2) is 8.42 Å². The first-order valence-corrected chi connectivity index (χ1v) is 9.55. The Balaban J connectivity index is 2.46. The molecule has 0 radical (unpaired) electrons. The Morgan fingerprint density at radius 2 is 1.86 bits per heavy atom. The first-order valence-electron chi connectivity index (χ1n) is 6.84. The van der Waals surface area contributed by atoms with Gasteiger partial charge in [-0.1, -0.05) is 30.3 Å². The van der Waals surface area contributed by atoms with E-state index in [9.17, 15) is 13.5 Å². The highest BCUT2D eigenvalue weighted by Gasteiger charge is 2.22. The molecule has 0 saturated heterocycles. The molecule has 0 aliphatic rings. The fourth-order valence-electron chi connectivity index (χ4n) is 2.59. The summed E-state index contributed by atoms with van der Waals surface area (Å²) in [6.07, 6.45) is 1.24. The summed E-state index contributed by atoms with van der Waals surface area (Å²) in [7, 11) is -3.32. The van der Waals surface area contributed by atoms with E-state index in [-0.39, 0.29) is 6.61 Å². The van der Waals surface area contributed by atoms with E-state index in [1.165, 1.54) is 17.6 Å². The van der Waals surface area contributed by atoms with Gasteiger partial charge in [-0.3, -0.25) is 0 Å². The van der Waals surface area contributed by atoms with Gasteiger partial charge in [0.15, 0.2) is 9.84 Å². The molecule has 0 amide bonds. The SMILES string of the molecule is Cc1ccccc1-c1c(S(C)(=O)=O)sc2ccc(CO)cc12. The first-order chi connectivity index (χ1) is 10.4. The largest absolute Gasteiger partial charge is 0.392 e. The maximum Gasteiger partial charge on any atom is 0.185 e. The standard InChI is InChI=1S/C17H16O3S2/c1-11-5-3-4-6-13(11)16-14-9-12(10-18)7-8-15(14)21-17(16)22(2,19)20/h3-9,18H,10H2,1-2H3. The van der Waals surface area contributed by atoms with Crippen molar-refractivity contribution in [2.45, 2.75) is 17.7 Å². The minimum absolute atomic E-state index is 0.0623. The van der Waals surface area contributed by atoms with Crippen molar-refractivity contribution in [3.05, 3.63) is 53.6 Å². The highest BCUT2D eigenvalue weighted by atomic mass is 32.2. The molecule has 0 spiro atoms. The zero-order chi connectivity index (χ0) is 15.9. The van der Waals surface area contributed by atoms with Crippen LogP contribution in [0.25, 0.3) is 21.2 Å². The predicted molar refractivity (Wildman–Crippen MR) is 91.0 cm³/mol. The molecule has 0 fully saturated rings. The van der Waals surface area contributed by atoms with Crippen LogP contribution >= 0.6 is 11.3 Å². The lowest BCUT2D eigenvalue weighted by Gasteiger charge is -2.08. The summed E-state index contributed by atoms with van der Waals surface area (Å²) in [5.41, 5.74) is 3.47. The summed E-state index contributed by atoms with van der Waals surface area (Å²) >= 11 is 1.28. The van der Waals surface area contributed by atoms with Gasteiger partial charge in [-0.15, -0.1) is 11.3 Å². The lowest BCUT2D eigenvalue weighted by molar-refractivity contribution is 0.282. The smallest absolute Gasteiger partial charge is 0.185 e. The monoisotopic (exact) mass is 332 g/mol. The van der Waals surface area contributed by atoms with Gasteiger partial charge in [0.25, 0.3) is 0 Å². The Labute approximate surface area is 133 Å². The molecule has 2 aromatic carbocycles. The summed E-state index contributed by atoms with van der Waals surface area (Å²) in [4.78, 5) is 0. The van der Waals surface area contributed by atoms with Gasteiger partial charge in [0, 0.05) is 21.9 Å². The number of aryl methyl sites for hydroxylation is 1. The number of sulfone groups is 1. The predicted octanol–water partition coefficient (Wildman–Crippen LogP) is 3.77. The summed E-state index contributed by atoms with van der Waals surface area (Å²) in [6, 6.07) is 13.3. The molecule has 3 nitrogen and oxygen atoms in total. The Morgan fingerprint density at radius 1 is 1.14 bits per heavy atom. The summed E-state index contributed by atoms with van der Waals surface area (Å²) in [5, 5.41) is 10.2. The topological polar surface area (TPSA) is 54.4 Å². The Bertz CT molecular complexity index is 953. The number of fused-ring (bicyclic) bond motifs is 1. The Hall–Kier alpha value is -1.69. The normalized spacial score (nSPS) is 12.0. The highest BCUT2D eigenvalue weighted by molar-refractivity contribution is 7.93. The van der Waals surface area contributed by atoms with E-state index in [0.717, 1.165) is 32.3 Å². The lowest BCUT2D eigenvalue weighted by atomic mass is 9.99. The van der Waals surface area contributed by atoms with Crippen LogP contribution in [0, 0.1) is 6.92 Å². The molecule has 0 bridgehead atoms. The third-order valence-electron chi connectivity index (χ3n) is 3.65. The van der Waals surface area contributed by atoms with Crippen LogP contribution in [0.1, 0.15) is 11.1 Å².